The van der Waals surface area contributed by atoms with Crippen molar-refractivity contribution in [3.05, 3.63) is 47.7 Å². The highest BCUT2D eigenvalue weighted by Gasteiger charge is 2.28. The van der Waals surface area contributed by atoms with Crippen LogP contribution in [0.15, 0.2) is 42.2 Å². The van der Waals surface area contributed by atoms with Crippen LogP contribution in [-0.2, 0) is 4.79 Å². The second kappa shape index (κ2) is 6.98. The van der Waals surface area contributed by atoms with Crippen LogP contribution in [0.2, 0.25) is 0 Å². The van der Waals surface area contributed by atoms with Crippen molar-refractivity contribution in [3.8, 4) is 5.75 Å². The first kappa shape index (κ1) is 15.8. The highest BCUT2D eigenvalue weighted by molar-refractivity contribution is 6.01. The molecule has 0 aliphatic carbocycles. The molecule has 2 N–H and O–H groups in total. The predicted molar refractivity (Wildman–Crippen MR) is 86.6 cm³/mol. The maximum Gasteiger partial charge on any atom is 0.253 e. The summed E-state index contributed by atoms with van der Waals surface area (Å²) >= 11 is 0. The van der Waals surface area contributed by atoms with Crippen molar-refractivity contribution in [3.63, 3.8) is 0 Å². The molecule has 5 nitrogen and oxygen atoms in total. The highest BCUT2D eigenvalue weighted by atomic mass is 16.5. The van der Waals surface area contributed by atoms with Gasteiger partial charge < -0.3 is 19.8 Å². The van der Waals surface area contributed by atoms with Crippen LogP contribution < -0.4 is 4.74 Å². The molecule has 1 saturated heterocycles. The summed E-state index contributed by atoms with van der Waals surface area (Å²) in [5.41, 5.74) is 1.47. The van der Waals surface area contributed by atoms with E-state index in [1.807, 2.05) is 30.3 Å². The van der Waals surface area contributed by atoms with E-state index in [-0.39, 0.29) is 18.4 Å². The second-order valence-electron chi connectivity index (χ2n) is 5.94. The Labute approximate surface area is 135 Å². The molecule has 0 radical (unpaired) electrons. The zero-order chi connectivity index (χ0) is 16.2. The van der Waals surface area contributed by atoms with E-state index in [4.69, 9.17) is 9.84 Å². The number of carbonyl (C=O) groups excluding carboxylic acids is 1. The van der Waals surface area contributed by atoms with E-state index in [9.17, 15) is 9.90 Å². The molecule has 1 unspecified atom stereocenters. The monoisotopic (exact) mass is 315 g/mol. The molecule has 0 spiro atoms. The summed E-state index contributed by atoms with van der Waals surface area (Å²) in [4.78, 5) is 14.5. The summed E-state index contributed by atoms with van der Waals surface area (Å²) in [6.45, 7) is 0.961. The molecule has 1 amide bonds. The van der Waals surface area contributed by atoms with Gasteiger partial charge in [0.2, 0.25) is 0 Å². The number of nitrogens with zero attached hydrogens (tertiary/aromatic N) is 1. The third-order valence-electron chi connectivity index (χ3n) is 4.48. The number of benzene rings is 1. The van der Waals surface area contributed by atoms with E-state index in [0.717, 1.165) is 11.3 Å². The topological polar surface area (TPSA) is 70.0 Å². The Bertz CT molecular complexity index is 630. The first-order valence-electron chi connectivity index (χ1n) is 7.91. The van der Waals surface area contributed by atoms with Crippen LogP contribution in [0.4, 0.5) is 0 Å². The smallest absolute Gasteiger partial charge is 0.253 e. The molecular weight excluding hydrogens is 294 g/mol. The molecule has 2 aliphatic rings. The normalized spacial score (nSPS) is 19.4. The minimum Gasteiger partial charge on any atom is -0.464 e. The largest absolute Gasteiger partial charge is 0.464 e. The Morgan fingerprint density at radius 3 is 2.78 bits per heavy atom. The van der Waals surface area contributed by atoms with Gasteiger partial charge in [0, 0.05) is 24.2 Å². The first-order chi connectivity index (χ1) is 11.2. The van der Waals surface area contributed by atoms with Gasteiger partial charge in [-0.15, -0.1) is 0 Å². The van der Waals surface area contributed by atoms with Crippen molar-refractivity contribution < 1.29 is 19.7 Å². The molecule has 2 heterocycles. The minimum absolute atomic E-state index is 0.0292. The van der Waals surface area contributed by atoms with Crippen LogP contribution >= 0.6 is 0 Å². The van der Waals surface area contributed by atoms with Crippen LogP contribution in [0, 0.1) is 5.92 Å². The summed E-state index contributed by atoms with van der Waals surface area (Å²) in [5.74, 6) is 0.765. The maximum atomic E-state index is 12.7. The van der Waals surface area contributed by atoms with Gasteiger partial charge in [-0.3, -0.25) is 4.79 Å². The predicted octanol–water partition coefficient (Wildman–Crippen LogP) is 1.57. The van der Waals surface area contributed by atoms with Crippen molar-refractivity contribution in [2.24, 2.45) is 5.92 Å². The second-order valence-corrected chi connectivity index (χ2v) is 5.94. The van der Waals surface area contributed by atoms with Gasteiger partial charge in [-0.05, 0) is 37.0 Å². The van der Waals surface area contributed by atoms with E-state index in [2.05, 4.69) is 0 Å². The Kier molecular flexibility index (Phi) is 4.79. The summed E-state index contributed by atoms with van der Waals surface area (Å²) in [6, 6.07) is 7.59. The lowest BCUT2D eigenvalue weighted by Gasteiger charge is -2.33. The first-order valence-corrected chi connectivity index (χ1v) is 7.91. The number of ether oxygens (including phenoxy) is 1. The third-order valence-corrected chi connectivity index (χ3v) is 4.48. The molecule has 5 heteroatoms. The number of hydrogen-bond donors (Lipinski definition) is 2. The van der Waals surface area contributed by atoms with Crippen molar-refractivity contribution in [2.45, 2.75) is 18.9 Å². The molecule has 0 aromatic heterocycles. The molecule has 1 aromatic carbocycles. The number of para-hydroxylation sites is 1. The molecule has 2 aliphatic heterocycles. The number of hydrogen-bond acceptors (Lipinski definition) is 4. The lowest BCUT2D eigenvalue weighted by molar-refractivity contribution is -0.128. The number of carbonyl (C=O) groups is 1. The van der Waals surface area contributed by atoms with E-state index >= 15 is 0 Å². The third kappa shape index (κ3) is 3.46. The molecule has 0 bridgehead atoms. The van der Waals surface area contributed by atoms with E-state index in [1.165, 1.54) is 6.26 Å². The van der Waals surface area contributed by atoms with Crippen molar-refractivity contribution in [1.29, 1.82) is 0 Å². The van der Waals surface area contributed by atoms with Crippen LogP contribution in [0.3, 0.4) is 0 Å². The molecule has 0 saturated carbocycles. The Morgan fingerprint density at radius 2 is 2.04 bits per heavy atom. The zero-order valence-corrected chi connectivity index (χ0v) is 12.9. The average Bonchev–Trinajstić information content (AvgIpc) is 2.83. The minimum atomic E-state index is -0.690. The SMILES string of the molecule is O=C(C1=Cc2ccccc2OC=C1)N1CCC(C(O)CO)CC1. The van der Waals surface area contributed by atoms with Crippen molar-refractivity contribution in [1.82, 2.24) is 4.90 Å². The summed E-state index contributed by atoms with van der Waals surface area (Å²) < 4.78 is 5.52. The lowest BCUT2D eigenvalue weighted by atomic mass is 9.91. The number of rotatable bonds is 3. The molecule has 1 atom stereocenters. The van der Waals surface area contributed by atoms with E-state index in [0.29, 0.717) is 31.5 Å². The quantitative estimate of drug-likeness (QED) is 0.888. The number of aliphatic hydroxyl groups excluding tert-OH is 2. The molecule has 1 fully saturated rings. The standard InChI is InChI=1S/C18H21NO4/c20-12-16(21)13-5-8-19(9-6-13)18(22)15-7-10-23-17-4-2-1-3-14(17)11-15/h1-4,7,10-11,13,16,20-21H,5-6,8-9,12H2. The van der Waals surface area contributed by atoms with Gasteiger partial charge in [0.1, 0.15) is 5.75 Å². The molecule has 3 rings (SSSR count). The van der Waals surface area contributed by atoms with Crippen molar-refractivity contribution >= 4 is 12.0 Å². The van der Waals surface area contributed by atoms with Gasteiger partial charge in [-0.2, -0.15) is 0 Å². The van der Waals surface area contributed by atoms with Crippen molar-refractivity contribution in [2.75, 3.05) is 19.7 Å². The fourth-order valence-corrected chi connectivity index (χ4v) is 3.06. The van der Waals surface area contributed by atoms with Crippen LogP contribution in [0.25, 0.3) is 6.08 Å². The van der Waals surface area contributed by atoms with E-state index in [1.54, 1.807) is 11.0 Å². The van der Waals surface area contributed by atoms with E-state index < -0.39 is 6.10 Å². The molecule has 1 aromatic rings. The van der Waals surface area contributed by atoms with Gasteiger partial charge in [-0.25, -0.2) is 0 Å². The summed E-state index contributed by atoms with van der Waals surface area (Å²) in [7, 11) is 0. The fraction of sp³-hybridized carbons (Fsp3) is 0.389. The van der Waals surface area contributed by atoms with Gasteiger partial charge in [-0.1, -0.05) is 18.2 Å². The van der Waals surface area contributed by atoms with Crippen LogP contribution in [-0.4, -0.2) is 46.8 Å². The average molecular weight is 315 g/mol. The maximum absolute atomic E-state index is 12.7. The zero-order valence-electron chi connectivity index (χ0n) is 12.9. The number of fused-ring (bicyclic) bond motifs is 1. The van der Waals surface area contributed by atoms with Gasteiger partial charge in [0.25, 0.3) is 5.91 Å². The summed E-state index contributed by atoms with van der Waals surface area (Å²) in [6.07, 6.45) is 5.80. The molecular formula is C18H21NO4. The molecule has 122 valence electrons. The Morgan fingerprint density at radius 1 is 1.30 bits per heavy atom. The number of likely N-dealkylation sites (tertiary alicyclic amines) is 1. The van der Waals surface area contributed by atoms with Crippen LogP contribution in [0.1, 0.15) is 18.4 Å². The Hall–Kier alpha value is -2.11. The Balaban J connectivity index is 1.71. The fourth-order valence-electron chi connectivity index (χ4n) is 3.06. The molecule has 23 heavy (non-hydrogen) atoms. The van der Waals surface area contributed by atoms with Gasteiger partial charge in [0.15, 0.2) is 0 Å². The summed E-state index contributed by atoms with van der Waals surface area (Å²) in [5, 5.41) is 18.7. The highest BCUT2D eigenvalue weighted by Crippen LogP contribution is 2.27. The lowest BCUT2D eigenvalue weighted by Crippen LogP contribution is -2.42. The van der Waals surface area contributed by atoms with Gasteiger partial charge >= 0.3 is 0 Å². The number of piperidine rings is 1. The number of aliphatic hydroxyl groups is 2. The van der Waals surface area contributed by atoms with Crippen LogP contribution in [0.5, 0.6) is 5.75 Å². The number of amides is 1. The van der Waals surface area contributed by atoms with Gasteiger partial charge in [0.05, 0.1) is 19.0 Å².